The zero-order valence-electron chi connectivity index (χ0n) is 19.3. The van der Waals surface area contributed by atoms with Crippen molar-refractivity contribution in [2.24, 2.45) is 0 Å². The van der Waals surface area contributed by atoms with E-state index in [1.54, 1.807) is 20.8 Å². The Labute approximate surface area is 196 Å². The summed E-state index contributed by atoms with van der Waals surface area (Å²) in [6.07, 6.45) is 0.0725. The number of nitrogens with zero attached hydrogens (tertiary/aromatic N) is 1. The maximum Gasteiger partial charge on any atom is 0.355 e. The molecule has 1 saturated heterocycles. The molecule has 0 radical (unpaired) electrons. The van der Waals surface area contributed by atoms with Gasteiger partial charge in [0.25, 0.3) is 11.6 Å². The molecule has 33 heavy (non-hydrogen) atoms. The Bertz CT molecular complexity index is 986. The standard InChI is InChI=1S/C23H28N2O7S/c1-14(26)31-12-16-13-33-21-23(30-5,24-17(27)11-15-9-7-6-8-10-15)20(29)25(21)18(16)19(28)32-22(2,3)4/h6-10,21H,11-13H2,1-5H3,(H,24,27)/t21-,23+/m1/s1. The third kappa shape index (κ3) is 5.22. The number of esters is 2. The molecule has 0 unspecified atom stereocenters. The van der Waals surface area contributed by atoms with Crippen LogP contribution in [-0.2, 0) is 39.8 Å². The fourth-order valence-electron chi connectivity index (χ4n) is 3.59. The molecule has 0 saturated carbocycles. The van der Waals surface area contributed by atoms with Crippen LogP contribution < -0.4 is 5.32 Å². The summed E-state index contributed by atoms with van der Waals surface area (Å²) in [7, 11) is 1.34. The highest BCUT2D eigenvalue weighted by atomic mass is 32.2. The van der Waals surface area contributed by atoms with E-state index in [-0.39, 0.29) is 30.4 Å². The molecule has 1 aromatic rings. The highest BCUT2D eigenvalue weighted by molar-refractivity contribution is 8.00. The van der Waals surface area contributed by atoms with Crippen LogP contribution in [0.2, 0.25) is 0 Å². The Morgan fingerprint density at radius 1 is 1.21 bits per heavy atom. The van der Waals surface area contributed by atoms with Crippen molar-refractivity contribution in [1.29, 1.82) is 0 Å². The van der Waals surface area contributed by atoms with Crippen molar-refractivity contribution >= 4 is 35.5 Å². The van der Waals surface area contributed by atoms with Crippen LogP contribution in [0.3, 0.4) is 0 Å². The molecule has 10 heteroatoms. The molecule has 1 N–H and O–H groups in total. The van der Waals surface area contributed by atoms with Crippen LogP contribution in [0.4, 0.5) is 0 Å². The Hall–Kier alpha value is -2.85. The minimum absolute atomic E-state index is 0.0184. The van der Waals surface area contributed by atoms with Gasteiger partial charge in [0, 0.05) is 25.4 Å². The van der Waals surface area contributed by atoms with Crippen molar-refractivity contribution in [3.63, 3.8) is 0 Å². The summed E-state index contributed by atoms with van der Waals surface area (Å²) in [5, 5.41) is 2.03. The van der Waals surface area contributed by atoms with Crippen LogP contribution in [-0.4, -0.2) is 64.8 Å². The van der Waals surface area contributed by atoms with Gasteiger partial charge in [-0.1, -0.05) is 30.3 Å². The number of hydrogen-bond donors (Lipinski definition) is 1. The lowest BCUT2D eigenvalue weighted by atomic mass is 9.97. The predicted octanol–water partition coefficient (Wildman–Crippen LogP) is 1.76. The van der Waals surface area contributed by atoms with Gasteiger partial charge in [0.05, 0.1) is 6.42 Å². The molecule has 2 heterocycles. The fourth-order valence-corrected chi connectivity index (χ4v) is 5.01. The molecule has 2 atom stereocenters. The zero-order valence-corrected chi connectivity index (χ0v) is 20.1. The minimum atomic E-state index is -1.61. The number of thioether (sulfide) groups is 1. The number of hydrogen-bond acceptors (Lipinski definition) is 8. The molecule has 3 rings (SSSR count). The lowest BCUT2D eigenvalue weighted by Gasteiger charge is -2.56. The van der Waals surface area contributed by atoms with Gasteiger partial charge in [-0.05, 0) is 26.3 Å². The Morgan fingerprint density at radius 3 is 2.45 bits per heavy atom. The van der Waals surface area contributed by atoms with Crippen molar-refractivity contribution in [2.45, 2.75) is 50.8 Å². The van der Waals surface area contributed by atoms with Gasteiger partial charge in [-0.15, -0.1) is 11.8 Å². The average Bonchev–Trinajstić information content (AvgIpc) is 2.74. The maximum atomic E-state index is 13.3. The number of amides is 2. The lowest BCUT2D eigenvalue weighted by molar-refractivity contribution is -0.194. The molecule has 0 aliphatic carbocycles. The second-order valence-electron chi connectivity index (χ2n) is 8.72. The summed E-state index contributed by atoms with van der Waals surface area (Å²) >= 11 is 1.30. The number of carbonyl (C=O) groups excluding carboxylic acids is 4. The number of β-lactam (4-membered cyclic amide) rings is 1. The molecular formula is C23H28N2O7S. The summed E-state index contributed by atoms with van der Waals surface area (Å²) in [6, 6.07) is 9.12. The van der Waals surface area contributed by atoms with Gasteiger partial charge >= 0.3 is 11.9 Å². The van der Waals surface area contributed by atoms with Crippen molar-refractivity contribution in [1.82, 2.24) is 10.2 Å². The number of carbonyl (C=O) groups is 4. The fraction of sp³-hybridized carbons (Fsp3) is 0.478. The van der Waals surface area contributed by atoms with Gasteiger partial charge in [0.1, 0.15) is 23.3 Å². The molecule has 2 aliphatic heterocycles. The van der Waals surface area contributed by atoms with Crippen LogP contribution in [0.15, 0.2) is 41.6 Å². The number of fused-ring (bicyclic) bond motifs is 1. The number of ether oxygens (including phenoxy) is 3. The molecule has 178 valence electrons. The third-order valence-electron chi connectivity index (χ3n) is 5.01. The van der Waals surface area contributed by atoms with Crippen molar-refractivity contribution in [2.75, 3.05) is 19.5 Å². The second-order valence-corrected chi connectivity index (χ2v) is 9.79. The smallest absolute Gasteiger partial charge is 0.355 e. The summed E-state index contributed by atoms with van der Waals surface area (Å²) in [5.41, 5.74) is -1.15. The van der Waals surface area contributed by atoms with Gasteiger partial charge in [0.15, 0.2) is 0 Å². The van der Waals surface area contributed by atoms with E-state index in [4.69, 9.17) is 14.2 Å². The van der Waals surface area contributed by atoms with Crippen LogP contribution in [0.1, 0.15) is 33.3 Å². The van der Waals surface area contributed by atoms with Gasteiger partial charge in [-0.2, -0.15) is 0 Å². The first-order chi connectivity index (χ1) is 15.5. The van der Waals surface area contributed by atoms with E-state index < -0.39 is 34.5 Å². The van der Waals surface area contributed by atoms with Crippen molar-refractivity contribution in [3.8, 4) is 0 Å². The van der Waals surface area contributed by atoms with E-state index in [1.165, 1.54) is 30.7 Å². The van der Waals surface area contributed by atoms with E-state index in [1.807, 2.05) is 30.3 Å². The van der Waals surface area contributed by atoms with E-state index >= 15 is 0 Å². The van der Waals surface area contributed by atoms with Gasteiger partial charge in [-0.3, -0.25) is 19.3 Å². The normalized spacial score (nSPS) is 22.3. The molecule has 2 amide bonds. The highest BCUT2D eigenvalue weighted by Gasteiger charge is 2.66. The summed E-state index contributed by atoms with van der Waals surface area (Å²) < 4.78 is 16.1. The van der Waals surface area contributed by atoms with Gasteiger partial charge in [0.2, 0.25) is 5.91 Å². The van der Waals surface area contributed by atoms with Crippen molar-refractivity contribution in [3.05, 3.63) is 47.2 Å². The van der Waals surface area contributed by atoms with E-state index in [0.717, 1.165) is 5.56 Å². The number of rotatable bonds is 7. The minimum Gasteiger partial charge on any atom is -0.461 e. The highest BCUT2D eigenvalue weighted by Crippen LogP contribution is 2.47. The van der Waals surface area contributed by atoms with Crippen LogP contribution >= 0.6 is 11.8 Å². The number of nitrogens with one attached hydrogen (secondary N) is 1. The van der Waals surface area contributed by atoms with Crippen LogP contribution in [0, 0.1) is 0 Å². The molecule has 0 spiro atoms. The zero-order chi connectivity index (χ0) is 24.4. The molecule has 1 aromatic carbocycles. The van der Waals surface area contributed by atoms with Gasteiger partial charge in [-0.25, -0.2) is 4.79 Å². The molecular weight excluding hydrogens is 448 g/mol. The quantitative estimate of drug-likeness (QED) is 0.360. The Balaban J connectivity index is 1.86. The number of methoxy groups -OCH3 is 1. The SMILES string of the molecule is CO[C@@]1(NC(=O)Cc2ccccc2)C(=O)N2C(C(=O)OC(C)(C)C)=C(COC(C)=O)CS[C@@H]21. The van der Waals surface area contributed by atoms with E-state index in [2.05, 4.69) is 5.32 Å². The molecule has 0 aromatic heterocycles. The number of benzene rings is 1. The van der Waals surface area contributed by atoms with Crippen molar-refractivity contribution < 1.29 is 33.4 Å². The van der Waals surface area contributed by atoms with E-state index in [0.29, 0.717) is 5.57 Å². The first kappa shape index (κ1) is 24.8. The maximum absolute atomic E-state index is 13.3. The van der Waals surface area contributed by atoms with E-state index in [9.17, 15) is 19.2 Å². The third-order valence-corrected chi connectivity index (χ3v) is 6.38. The van der Waals surface area contributed by atoms with Crippen LogP contribution in [0.25, 0.3) is 0 Å². The predicted molar refractivity (Wildman–Crippen MR) is 121 cm³/mol. The largest absolute Gasteiger partial charge is 0.461 e. The summed E-state index contributed by atoms with van der Waals surface area (Å²) in [5.74, 6) is -1.90. The molecule has 9 nitrogen and oxygen atoms in total. The van der Waals surface area contributed by atoms with Crippen LogP contribution in [0.5, 0.6) is 0 Å². The first-order valence-corrected chi connectivity index (χ1v) is 11.5. The Kier molecular flexibility index (Phi) is 7.18. The topological polar surface area (TPSA) is 111 Å². The lowest BCUT2D eigenvalue weighted by Crippen LogP contribution is -2.80. The first-order valence-electron chi connectivity index (χ1n) is 10.4. The monoisotopic (exact) mass is 476 g/mol. The molecule has 0 bridgehead atoms. The summed E-state index contributed by atoms with van der Waals surface area (Å²) in [4.78, 5) is 51.6. The summed E-state index contributed by atoms with van der Waals surface area (Å²) in [6.45, 7) is 6.27. The molecule has 1 fully saturated rings. The Morgan fingerprint density at radius 2 is 1.88 bits per heavy atom. The average molecular weight is 477 g/mol. The molecule has 2 aliphatic rings. The second kappa shape index (κ2) is 9.56. The van der Waals surface area contributed by atoms with Gasteiger partial charge < -0.3 is 19.5 Å².